The van der Waals surface area contributed by atoms with Gasteiger partial charge in [0, 0.05) is 13.1 Å². The molecule has 0 aromatic heterocycles. The van der Waals surface area contributed by atoms with Gasteiger partial charge in [0.2, 0.25) is 10.0 Å². The average molecular weight is 447 g/mol. The van der Waals surface area contributed by atoms with E-state index in [0.29, 0.717) is 13.1 Å². The predicted octanol–water partition coefficient (Wildman–Crippen LogP) is 4.71. The van der Waals surface area contributed by atoms with Gasteiger partial charge in [-0.25, -0.2) is 8.42 Å². The summed E-state index contributed by atoms with van der Waals surface area (Å²) in [6, 6.07) is 12.5. The molecule has 1 N–H and O–H groups in total. The molecule has 7 heteroatoms. The van der Waals surface area contributed by atoms with Gasteiger partial charge in [0.25, 0.3) is 5.91 Å². The Bertz CT molecular complexity index is 1030. The van der Waals surface area contributed by atoms with E-state index in [4.69, 9.17) is 11.6 Å². The number of nitrogens with zero attached hydrogens (tertiary/aromatic N) is 1. The van der Waals surface area contributed by atoms with E-state index in [0.717, 1.165) is 50.5 Å². The minimum Gasteiger partial charge on any atom is -0.345 e. The molecule has 4 rings (SSSR count). The van der Waals surface area contributed by atoms with Gasteiger partial charge in [0.15, 0.2) is 0 Å². The summed E-state index contributed by atoms with van der Waals surface area (Å²) in [5.41, 5.74) is 2.58. The lowest BCUT2D eigenvalue weighted by molar-refractivity contribution is 0.0932. The SMILES string of the molecule is O=C(N[C@@H]1CCCc2ccccc21)c1cc(S(=O)(=O)N2CCCCCC2)ccc1Cl. The molecule has 1 fully saturated rings. The minimum atomic E-state index is -3.65. The number of carbonyl (C=O) groups is 1. The number of rotatable bonds is 4. The summed E-state index contributed by atoms with van der Waals surface area (Å²) < 4.78 is 27.8. The van der Waals surface area contributed by atoms with Crippen LogP contribution in [0.2, 0.25) is 5.02 Å². The van der Waals surface area contributed by atoms with Crippen LogP contribution < -0.4 is 5.32 Å². The molecule has 2 aromatic carbocycles. The molecule has 2 aromatic rings. The first-order valence-electron chi connectivity index (χ1n) is 10.7. The van der Waals surface area contributed by atoms with Crippen molar-refractivity contribution in [3.8, 4) is 0 Å². The molecular weight excluding hydrogens is 420 g/mol. The highest BCUT2D eigenvalue weighted by molar-refractivity contribution is 7.89. The van der Waals surface area contributed by atoms with Crippen LogP contribution in [0.15, 0.2) is 47.4 Å². The lowest BCUT2D eigenvalue weighted by atomic mass is 9.87. The Kier molecular flexibility index (Phi) is 6.46. The van der Waals surface area contributed by atoms with Gasteiger partial charge >= 0.3 is 0 Å². The lowest BCUT2D eigenvalue weighted by Crippen LogP contribution is -2.33. The quantitative estimate of drug-likeness (QED) is 0.739. The van der Waals surface area contributed by atoms with E-state index in [-0.39, 0.29) is 27.4 Å². The number of aryl methyl sites for hydroxylation is 1. The number of sulfonamides is 1. The van der Waals surface area contributed by atoms with Gasteiger partial charge in [-0.15, -0.1) is 0 Å². The maximum atomic E-state index is 13.1. The number of hydrogen-bond donors (Lipinski definition) is 1. The first kappa shape index (κ1) is 21.3. The molecule has 1 saturated heterocycles. The Labute approximate surface area is 183 Å². The maximum absolute atomic E-state index is 13.1. The van der Waals surface area contributed by atoms with Crippen molar-refractivity contribution in [1.29, 1.82) is 0 Å². The average Bonchev–Trinajstić information content (AvgIpc) is 3.04. The van der Waals surface area contributed by atoms with Gasteiger partial charge in [0.05, 0.1) is 21.5 Å². The van der Waals surface area contributed by atoms with E-state index in [2.05, 4.69) is 11.4 Å². The smallest absolute Gasteiger partial charge is 0.253 e. The van der Waals surface area contributed by atoms with Gasteiger partial charge in [-0.05, 0) is 61.4 Å². The van der Waals surface area contributed by atoms with Crippen molar-refractivity contribution in [3.63, 3.8) is 0 Å². The number of fused-ring (bicyclic) bond motifs is 1. The molecule has 1 amide bonds. The third-order valence-corrected chi connectivity index (χ3v) is 8.28. The Morgan fingerprint density at radius 1 is 1.00 bits per heavy atom. The zero-order chi connectivity index (χ0) is 21.1. The van der Waals surface area contributed by atoms with Crippen LogP contribution in [0.5, 0.6) is 0 Å². The van der Waals surface area contributed by atoms with Crippen molar-refractivity contribution in [2.75, 3.05) is 13.1 Å². The molecule has 0 bridgehead atoms. The van der Waals surface area contributed by atoms with Gasteiger partial charge in [-0.1, -0.05) is 48.7 Å². The fourth-order valence-electron chi connectivity index (χ4n) is 4.41. The van der Waals surface area contributed by atoms with Crippen LogP contribution in [0.1, 0.15) is 66.1 Å². The molecule has 2 aliphatic rings. The van der Waals surface area contributed by atoms with E-state index < -0.39 is 10.0 Å². The van der Waals surface area contributed by atoms with E-state index in [9.17, 15) is 13.2 Å². The molecule has 30 heavy (non-hydrogen) atoms. The molecule has 1 atom stereocenters. The number of nitrogens with one attached hydrogen (secondary N) is 1. The van der Waals surface area contributed by atoms with Gasteiger partial charge in [-0.3, -0.25) is 4.79 Å². The maximum Gasteiger partial charge on any atom is 0.253 e. The third kappa shape index (κ3) is 4.41. The van der Waals surface area contributed by atoms with Crippen LogP contribution >= 0.6 is 11.6 Å². The van der Waals surface area contributed by atoms with Crippen molar-refractivity contribution in [2.24, 2.45) is 0 Å². The fraction of sp³-hybridized carbons (Fsp3) is 0.435. The summed E-state index contributed by atoms with van der Waals surface area (Å²) in [4.78, 5) is 13.2. The second kappa shape index (κ2) is 9.08. The van der Waals surface area contributed by atoms with Crippen molar-refractivity contribution >= 4 is 27.5 Å². The predicted molar refractivity (Wildman–Crippen MR) is 118 cm³/mol. The largest absolute Gasteiger partial charge is 0.345 e. The minimum absolute atomic E-state index is 0.0932. The first-order valence-corrected chi connectivity index (χ1v) is 12.5. The number of halogens is 1. The second-order valence-electron chi connectivity index (χ2n) is 8.08. The molecule has 0 radical (unpaired) electrons. The fourth-order valence-corrected chi connectivity index (χ4v) is 6.16. The summed E-state index contributed by atoms with van der Waals surface area (Å²) in [5.74, 6) is -0.338. The molecule has 0 unspecified atom stereocenters. The monoisotopic (exact) mass is 446 g/mol. The van der Waals surface area contributed by atoms with Crippen LogP contribution in [0, 0.1) is 0 Å². The Hall–Kier alpha value is -1.89. The van der Waals surface area contributed by atoms with E-state index in [1.54, 1.807) is 0 Å². The van der Waals surface area contributed by atoms with Crippen LogP contribution in [-0.2, 0) is 16.4 Å². The molecule has 5 nitrogen and oxygen atoms in total. The standard InChI is InChI=1S/C23H27ClN2O3S/c24-21-13-12-18(30(28,29)26-14-5-1-2-6-15-26)16-20(21)23(27)25-22-11-7-9-17-8-3-4-10-19(17)22/h3-4,8,10,12-13,16,22H,1-2,5-7,9,11,14-15H2,(H,25,27)/t22-/m1/s1. The van der Waals surface area contributed by atoms with E-state index in [1.165, 1.54) is 28.1 Å². The first-order chi connectivity index (χ1) is 14.5. The van der Waals surface area contributed by atoms with Crippen molar-refractivity contribution in [3.05, 3.63) is 64.2 Å². The van der Waals surface area contributed by atoms with Gasteiger partial charge in [0.1, 0.15) is 0 Å². The van der Waals surface area contributed by atoms with Crippen LogP contribution in [0.4, 0.5) is 0 Å². The summed E-state index contributed by atoms with van der Waals surface area (Å²) in [5, 5.41) is 3.32. The number of amides is 1. The molecule has 160 valence electrons. The van der Waals surface area contributed by atoms with Crippen molar-refractivity contribution < 1.29 is 13.2 Å². The van der Waals surface area contributed by atoms with E-state index >= 15 is 0 Å². The molecule has 1 heterocycles. The highest BCUT2D eigenvalue weighted by Gasteiger charge is 2.28. The summed E-state index contributed by atoms with van der Waals surface area (Å²) in [6.07, 6.45) is 6.67. The van der Waals surface area contributed by atoms with Gasteiger partial charge in [-0.2, -0.15) is 4.31 Å². The summed E-state index contributed by atoms with van der Waals surface area (Å²) >= 11 is 6.30. The number of carbonyl (C=O) groups excluding carboxylic acids is 1. The van der Waals surface area contributed by atoms with Crippen molar-refractivity contribution in [1.82, 2.24) is 9.62 Å². The molecule has 1 aliphatic heterocycles. The summed E-state index contributed by atoms with van der Waals surface area (Å²) in [7, 11) is -3.65. The van der Waals surface area contributed by atoms with Crippen molar-refractivity contribution in [2.45, 2.75) is 55.9 Å². The molecule has 0 saturated carbocycles. The lowest BCUT2D eigenvalue weighted by Gasteiger charge is -2.26. The zero-order valence-corrected chi connectivity index (χ0v) is 18.5. The highest BCUT2D eigenvalue weighted by Crippen LogP contribution is 2.31. The summed E-state index contributed by atoms with van der Waals surface area (Å²) in [6.45, 7) is 1.04. The molecule has 1 aliphatic carbocycles. The number of hydrogen-bond acceptors (Lipinski definition) is 3. The third-order valence-electron chi connectivity index (χ3n) is 6.06. The van der Waals surface area contributed by atoms with Gasteiger partial charge < -0.3 is 5.32 Å². The van der Waals surface area contributed by atoms with Crippen LogP contribution in [0.25, 0.3) is 0 Å². The Morgan fingerprint density at radius 2 is 1.73 bits per heavy atom. The topological polar surface area (TPSA) is 66.5 Å². The Morgan fingerprint density at radius 3 is 2.50 bits per heavy atom. The van der Waals surface area contributed by atoms with Crippen LogP contribution in [0.3, 0.4) is 0 Å². The molecular formula is C23H27ClN2O3S. The van der Waals surface area contributed by atoms with E-state index in [1.807, 2.05) is 18.2 Å². The molecule has 0 spiro atoms. The van der Waals surface area contributed by atoms with Crippen LogP contribution in [-0.4, -0.2) is 31.7 Å². The highest BCUT2D eigenvalue weighted by atomic mass is 35.5. The Balaban J connectivity index is 1.58. The normalized spacial score (nSPS) is 20.2. The second-order valence-corrected chi connectivity index (χ2v) is 10.4. The number of benzene rings is 2. The zero-order valence-electron chi connectivity index (χ0n) is 16.9.